The number of halogens is 1. The normalized spacial score (nSPS) is 21.5. The Balaban J connectivity index is 1.62. The lowest BCUT2D eigenvalue weighted by Crippen LogP contribution is -2.44. The molecule has 0 bridgehead atoms. The molecule has 0 aromatic heterocycles. The first-order valence-electron chi connectivity index (χ1n) is 12.5. The molecule has 0 N–H and O–H groups in total. The maximum Gasteiger partial charge on any atom is 0.338 e. The number of amides is 1. The van der Waals surface area contributed by atoms with Crippen LogP contribution < -0.4 is 0 Å². The predicted molar refractivity (Wildman–Crippen MR) is 144 cm³/mol. The minimum Gasteiger partial charge on any atom is -0.466 e. The van der Waals surface area contributed by atoms with E-state index in [1.54, 1.807) is 38.7 Å². The molecule has 0 radical (unpaired) electrons. The fourth-order valence-electron chi connectivity index (χ4n) is 4.82. The molecule has 1 fully saturated rings. The third kappa shape index (κ3) is 5.88. The fourth-order valence-corrected chi connectivity index (χ4v) is 6.03. The predicted octanol–water partition coefficient (Wildman–Crippen LogP) is 5.06. The molecule has 1 saturated heterocycles. The Hall–Kier alpha value is -2.78. The Morgan fingerprint density at radius 1 is 1.24 bits per heavy atom. The van der Waals surface area contributed by atoms with E-state index in [1.165, 1.54) is 11.8 Å². The van der Waals surface area contributed by atoms with Gasteiger partial charge in [0.05, 0.1) is 42.4 Å². The quantitative estimate of drug-likeness (QED) is 0.442. The van der Waals surface area contributed by atoms with E-state index in [-0.39, 0.29) is 30.3 Å². The van der Waals surface area contributed by atoms with Crippen LogP contribution in [-0.4, -0.2) is 58.6 Å². The van der Waals surface area contributed by atoms with Crippen LogP contribution in [0.15, 0.2) is 51.6 Å². The van der Waals surface area contributed by atoms with Crippen LogP contribution in [0, 0.1) is 5.92 Å². The third-order valence-electron chi connectivity index (χ3n) is 6.49. The van der Waals surface area contributed by atoms with Crippen molar-refractivity contribution >= 4 is 46.4 Å². The molecule has 3 heterocycles. The van der Waals surface area contributed by atoms with Gasteiger partial charge in [0.2, 0.25) is 5.91 Å². The zero-order chi connectivity index (χ0) is 26.7. The number of aliphatic imine (C=N–C) groups is 1. The zero-order valence-electron chi connectivity index (χ0n) is 21.5. The number of nitrogens with zero attached hydrogens (tertiary/aromatic N) is 3. The second-order valence-corrected chi connectivity index (χ2v) is 10.7. The minimum absolute atomic E-state index is 0.0856. The van der Waals surface area contributed by atoms with Crippen LogP contribution in [0.4, 0.5) is 0 Å². The van der Waals surface area contributed by atoms with Gasteiger partial charge >= 0.3 is 11.9 Å². The fraction of sp³-hybridized carbons (Fsp3) is 0.481. The molecule has 0 unspecified atom stereocenters. The van der Waals surface area contributed by atoms with Crippen LogP contribution in [0.1, 0.15) is 58.6 Å². The molecule has 0 spiro atoms. The average Bonchev–Trinajstić information content (AvgIpc) is 3.25. The molecular weight excluding hydrogens is 514 g/mol. The topological polar surface area (TPSA) is 88.5 Å². The van der Waals surface area contributed by atoms with Gasteiger partial charge in [-0.05, 0) is 57.6 Å². The van der Waals surface area contributed by atoms with E-state index in [2.05, 4.69) is 4.99 Å². The summed E-state index contributed by atoms with van der Waals surface area (Å²) in [6.45, 7) is 8.43. The number of piperidine rings is 1. The second kappa shape index (κ2) is 11.7. The highest BCUT2D eigenvalue weighted by Crippen LogP contribution is 2.46. The Labute approximate surface area is 226 Å². The lowest BCUT2D eigenvalue weighted by atomic mass is 9.93. The van der Waals surface area contributed by atoms with E-state index in [4.69, 9.17) is 21.1 Å². The van der Waals surface area contributed by atoms with Crippen LogP contribution in [-0.2, 0) is 23.9 Å². The SMILES string of the molecule is CCOC(=O)[C@H]1CCCN(C(=O)CC2=CSC3=NC(C)=C(C(=O)OC(C)C)[C@@H](c4ccccc4Cl)N23)C1. The molecule has 1 aromatic carbocycles. The number of esters is 2. The van der Waals surface area contributed by atoms with Gasteiger partial charge in [0.1, 0.15) is 0 Å². The van der Waals surface area contributed by atoms with Crippen molar-refractivity contribution < 1.29 is 23.9 Å². The number of ether oxygens (including phenoxy) is 2. The van der Waals surface area contributed by atoms with Crippen molar-refractivity contribution in [1.82, 2.24) is 9.80 Å². The van der Waals surface area contributed by atoms with E-state index >= 15 is 0 Å². The molecule has 10 heteroatoms. The lowest BCUT2D eigenvalue weighted by Gasteiger charge is -2.37. The third-order valence-corrected chi connectivity index (χ3v) is 7.72. The summed E-state index contributed by atoms with van der Waals surface area (Å²) in [6.07, 6.45) is 1.26. The highest BCUT2D eigenvalue weighted by atomic mass is 35.5. The largest absolute Gasteiger partial charge is 0.466 e. The molecule has 0 saturated carbocycles. The van der Waals surface area contributed by atoms with E-state index in [1.807, 2.05) is 28.5 Å². The van der Waals surface area contributed by atoms with E-state index in [0.29, 0.717) is 47.6 Å². The summed E-state index contributed by atoms with van der Waals surface area (Å²) in [6, 6.07) is 6.78. The summed E-state index contributed by atoms with van der Waals surface area (Å²) in [5.41, 5.74) is 2.41. The summed E-state index contributed by atoms with van der Waals surface area (Å²) < 4.78 is 10.8. The summed E-state index contributed by atoms with van der Waals surface area (Å²) in [7, 11) is 0. The molecule has 3 aliphatic heterocycles. The molecule has 198 valence electrons. The van der Waals surface area contributed by atoms with Crippen LogP contribution in [0.3, 0.4) is 0 Å². The summed E-state index contributed by atoms with van der Waals surface area (Å²) in [4.78, 5) is 47.3. The van der Waals surface area contributed by atoms with Crippen LogP contribution in [0.5, 0.6) is 0 Å². The van der Waals surface area contributed by atoms with Crippen molar-refractivity contribution in [1.29, 1.82) is 0 Å². The first-order chi connectivity index (χ1) is 17.7. The average molecular weight is 546 g/mol. The molecule has 3 aliphatic rings. The van der Waals surface area contributed by atoms with Crippen LogP contribution in [0.25, 0.3) is 0 Å². The first-order valence-corrected chi connectivity index (χ1v) is 13.8. The molecule has 0 aliphatic carbocycles. The Morgan fingerprint density at radius 2 is 2.00 bits per heavy atom. The number of likely N-dealkylation sites (tertiary alicyclic amines) is 1. The van der Waals surface area contributed by atoms with Gasteiger partial charge < -0.3 is 19.3 Å². The van der Waals surface area contributed by atoms with Gasteiger partial charge in [-0.1, -0.05) is 41.6 Å². The minimum atomic E-state index is -0.588. The smallest absolute Gasteiger partial charge is 0.338 e. The highest BCUT2D eigenvalue weighted by molar-refractivity contribution is 8.16. The first kappa shape index (κ1) is 27.3. The van der Waals surface area contributed by atoms with Gasteiger partial charge in [-0.3, -0.25) is 9.59 Å². The van der Waals surface area contributed by atoms with Crippen molar-refractivity contribution in [2.75, 3.05) is 19.7 Å². The summed E-state index contributed by atoms with van der Waals surface area (Å²) >= 11 is 8.04. The molecule has 2 atom stereocenters. The molecule has 1 aromatic rings. The molecule has 4 rings (SSSR count). The number of amidine groups is 1. The van der Waals surface area contributed by atoms with Crippen LogP contribution in [0.2, 0.25) is 5.02 Å². The van der Waals surface area contributed by atoms with Gasteiger partial charge in [-0.15, -0.1) is 0 Å². The summed E-state index contributed by atoms with van der Waals surface area (Å²) in [5, 5.41) is 3.08. The van der Waals surface area contributed by atoms with Gasteiger partial charge in [0.15, 0.2) is 5.17 Å². The number of fused-ring (bicyclic) bond motifs is 1. The number of benzene rings is 1. The number of allylic oxidation sites excluding steroid dienone is 1. The lowest BCUT2D eigenvalue weighted by molar-refractivity contribution is -0.151. The van der Waals surface area contributed by atoms with Gasteiger partial charge in [-0.25, -0.2) is 9.79 Å². The maximum absolute atomic E-state index is 13.4. The van der Waals surface area contributed by atoms with Crippen molar-refractivity contribution in [2.24, 2.45) is 10.9 Å². The molecule has 8 nitrogen and oxygen atoms in total. The highest BCUT2D eigenvalue weighted by Gasteiger charge is 2.42. The van der Waals surface area contributed by atoms with E-state index in [9.17, 15) is 14.4 Å². The molecular formula is C27H32ClN3O5S. The second-order valence-electron chi connectivity index (χ2n) is 9.48. The Bertz CT molecular complexity index is 1180. The van der Waals surface area contributed by atoms with Crippen molar-refractivity contribution in [2.45, 2.75) is 59.1 Å². The Morgan fingerprint density at radius 3 is 2.70 bits per heavy atom. The van der Waals surface area contributed by atoms with Crippen LogP contribution >= 0.6 is 23.4 Å². The molecule has 37 heavy (non-hydrogen) atoms. The number of thioether (sulfide) groups is 1. The van der Waals surface area contributed by atoms with Crippen molar-refractivity contribution in [3.8, 4) is 0 Å². The summed E-state index contributed by atoms with van der Waals surface area (Å²) in [5.74, 6) is -1.11. The van der Waals surface area contributed by atoms with E-state index < -0.39 is 12.0 Å². The monoisotopic (exact) mass is 545 g/mol. The number of hydrogen-bond acceptors (Lipinski definition) is 8. The number of rotatable bonds is 7. The standard InChI is InChI=1S/C27H32ClN3O5S/c1-5-35-25(33)18-9-8-12-30(14-18)22(32)13-19-15-37-27-29-17(4)23(26(34)36-16(2)3)24(31(19)27)20-10-6-7-11-21(20)28/h6-7,10-11,15-16,18,24H,5,8-9,12-14H2,1-4H3/t18-,24+/m0/s1. The number of carbonyl (C=O) groups excluding carboxylic acids is 3. The number of hydrogen-bond donors (Lipinski definition) is 0. The van der Waals surface area contributed by atoms with Crippen molar-refractivity contribution in [3.05, 3.63) is 57.2 Å². The van der Waals surface area contributed by atoms with Gasteiger partial charge in [0, 0.05) is 23.8 Å². The molecule has 1 amide bonds. The maximum atomic E-state index is 13.4. The Kier molecular flexibility index (Phi) is 8.64. The van der Waals surface area contributed by atoms with E-state index in [0.717, 1.165) is 17.7 Å². The van der Waals surface area contributed by atoms with Gasteiger partial charge in [-0.2, -0.15) is 0 Å². The zero-order valence-corrected chi connectivity index (χ0v) is 23.1. The van der Waals surface area contributed by atoms with Gasteiger partial charge in [0.25, 0.3) is 0 Å². The number of carbonyl (C=O) groups is 3. The van der Waals surface area contributed by atoms with Crippen molar-refractivity contribution in [3.63, 3.8) is 0 Å².